The van der Waals surface area contributed by atoms with Gasteiger partial charge < -0.3 is 15.2 Å². The van der Waals surface area contributed by atoms with Crippen LogP contribution in [0.25, 0.3) is 0 Å². The Kier molecular flexibility index (Phi) is 5.66. The van der Waals surface area contributed by atoms with Crippen LogP contribution < -0.4 is 5.32 Å². The first kappa shape index (κ1) is 16.1. The molecular weight excluding hydrogens is 284 g/mol. The molecule has 0 aliphatic carbocycles. The summed E-state index contributed by atoms with van der Waals surface area (Å²) in [4.78, 5) is 22.4. The molecule has 1 aromatic carbocycles. The van der Waals surface area contributed by atoms with Crippen LogP contribution in [0, 0.1) is 0 Å². The van der Waals surface area contributed by atoms with Gasteiger partial charge in [-0.05, 0) is 18.2 Å². The number of nitrogens with one attached hydrogen (secondary N) is 1. The largest absolute Gasteiger partial charge is 0.478 e. The number of benzene rings is 1. The number of carboxylic acid groups (broad SMARTS) is 1. The van der Waals surface area contributed by atoms with Gasteiger partial charge in [-0.1, -0.05) is 0 Å². The SMILES string of the molecule is CNc1ccc(C(=O)O)cc1S(=O)N(C)CC(=O)OC. The van der Waals surface area contributed by atoms with E-state index in [2.05, 4.69) is 10.1 Å². The highest BCUT2D eigenvalue weighted by molar-refractivity contribution is 7.82. The van der Waals surface area contributed by atoms with Crippen molar-refractivity contribution in [1.82, 2.24) is 4.31 Å². The van der Waals surface area contributed by atoms with Crippen molar-refractivity contribution in [3.63, 3.8) is 0 Å². The number of aromatic carboxylic acids is 1. The van der Waals surface area contributed by atoms with Crippen molar-refractivity contribution in [2.24, 2.45) is 0 Å². The molecule has 0 spiro atoms. The highest BCUT2D eigenvalue weighted by Gasteiger charge is 2.19. The number of hydrogen-bond donors (Lipinski definition) is 2. The molecular formula is C12H16N2O5S. The summed E-state index contributed by atoms with van der Waals surface area (Å²) in [5.74, 6) is -1.64. The smallest absolute Gasteiger partial charge is 0.335 e. The molecule has 20 heavy (non-hydrogen) atoms. The second-order valence-corrected chi connectivity index (χ2v) is 5.44. The lowest BCUT2D eigenvalue weighted by Gasteiger charge is -2.17. The Hall–Kier alpha value is -1.93. The third-order valence-electron chi connectivity index (χ3n) is 2.55. The highest BCUT2D eigenvalue weighted by atomic mass is 32.2. The number of hydrogen-bond acceptors (Lipinski definition) is 5. The molecule has 2 N–H and O–H groups in total. The lowest BCUT2D eigenvalue weighted by molar-refractivity contribution is -0.140. The van der Waals surface area contributed by atoms with Crippen molar-refractivity contribution in [1.29, 1.82) is 0 Å². The fraction of sp³-hybridized carbons (Fsp3) is 0.333. The van der Waals surface area contributed by atoms with Crippen molar-refractivity contribution >= 4 is 28.6 Å². The Morgan fingerprint density at radius 2 is 2.10 bits per heavy atom. The first-order chi connectivity index (χ1) is 9.40. The van der Waals surface area contributed by atoms with Crippen molar-refractivity contribution < 1.29 is 23.6 Å². The van der Waals surface area contributed by atoms with Crippen LogP contribution in [0.4, 0.5) is 5.69 Å². The molecule has 0 saturated carbocycles. The molecule has 0 bridgehead atoms. The monoisotopic (exact) mass is 300 g/mol. The standard InChI is InChI=1S/C12H16N2O5S/c1-13-9-5-4-8(12(16)17)6-10(9)20(18)14(2)7-11(15)19-3/h4-6,13H,7H2,1-3H3,(H,16,17). The molecule has 0 aliphatic heterocycles. The molecule has 7 nitrogen and oxygen atoms in total. The number of nitrogens with zero attached hydrogens (tertiary/aromatic N) is 1. The molecule has 1 unspecified atom stereocenters. The molecule has 0 aromatic heterocycles. The summed E-state index contributed by atoms with van der Waals surface area (Å²) >= 11 is 0. The lowest BCUT2D eigenvalue weighted by atomic mass is 10.2. The minimum absolute atomic E-state index is 0.0267. The van der Waals surface area contributed by atoms with E-state index in [1.54, 1.807) is 7.05 Å². The minimum Gasteiger partial charge on any atom is -0.478 e. The van der Waals surface area contributed by atoms with Crippen LogP contribution in [0.3, 0.4) is 0 Å². The first-order valence-corrected chi connectivity index (χ1v) is 6.76. The molecule has 0 heterocycles. The Balaban J connectivity index is 3.09. The zero-order valence-corrected chi connectivity index (χ0v) is 12.2. The van der Waals surface area contributed by atoms with E-state index in [1.165, 1.54) is 36.7 Å². The molecule has 0 aliphatic rings. The van der Waals surface area contributed by atoms with E-state index < -0.39 is 22.9 Å². The summed E-state index contributed by atoms with van der Waals surface area (Å²) in [6, 6.07) is 4.26. The maximum absolute atomic E-state index is 12.3. The maximum Gasteiger partial charge on any atom is 0.335 e. The fourth-order valence-electron chi connectivity index (χ4n) is 1.48. The average molecular weight is 300 g/mol. The van der Waals surface area contributed by atoms with Crippen LogP contribution in [-0.2, 0) is 20.5 Å². The molecule has 1 atom stereocenters. The zero-order valence-electron chi connectivity index (χ0n) is 11.4. The van der Waals surface area contributed by atoms with Crippen molar-refractivity contribution in [3.8, 4) is 0 Å². The van der Waals surface area contributed by atoms with E-state index >= 15 is 0 Å². The van der Waals surface area contributed by atoms with Crippen molar-refractivity contribution in [3.05, 3.63) is 23.8 Å². The molecule has 0 saturated heterocycles. The van der Waals surface area contributed by atoms with Crippen molar-refractivity contribution in [2.75, 3.05) is 33.1 Å². The van der Waals surface area contributed by atoms with E-state index in [9.17, 15) is 13.8 Å². The molecule has 0 fully saturated rings. The number of carboxylic acids is 1. The Morgan fingerprint density at radius 1 is 1.45 bits per heavy atom. The third-order valence-corrected chi connectivity index (χ3v) is 3.96. The first-order valence-electron chi connectivity index (χ1n) is 5.65. The third kappa shape index (κ3) is 3.78. The lowest BCUT2D eigenvalue weighted by Crippen LogP contribution is -2.29. The van der Waals surface area contributed by atoms with E-state index in [1.807, 2.05) is 0 Å². The van der Waals surface area contributed by atoms with Gasteiger partial charge in [0.15, 0.2) is 0 Å². The predicted molar refractivity (Wildman–Crippen MR) is 74.0 cm³/mol. The molecule has 1 rings (SSSR count). The number of rotatable bonds is 6. The predicted octanol–water partition coefficient (Wildman–Crippen LogP) is 0.554. The number of carbonyl (C=O) groups excluding carboxylic acids is 1. The van der Waals surface area contributed by atoms with Gasteiger partial charge in [-0.3, -0.25) is 4.79 Å². The van der Waals surface area contributed by atoms with Crippen LogP contribution >= 0.6 is 0 Å². The second-order valence-electron chi connectivity index (χ2n) is 3.88. The topological polar surface area (TPSA) is 95.9 Å². The van der Waals surface area contributed by atoms with Crippen LogP contribution in [0.2, 0.25) is 0 Å². The summed E-state index contributed by atoms with van der Waals surface area (Å²) in [5.41, 5.74) is 0.559. The number of methoxy groups -OCH3 is 1. The summed E-state index contributed by atoms with van der Waals surface area (Å²) < 4.78 is 18.1. The Bertz CT molecular complexity index is 547. The van der Waals surface area contributed by atoms with Crippen LogP contribution in [0.5, 0.6) is 0 Å². The van der Waals surface area contributed by atoms with Gasteiger partial charge in [-0.25, -0.2) is 13.3 Å². The van der Waals surface area contributed by atoms with Gasteiger partial charge >= 0.3 is 11.9 Å². The molecule has 0 amide bonds. The zero-order chi connectivity index (χ0) is 15.3. The highest BCUT2D eigenvalue weighted by Crippen LogP contribution is 2.22. The van der Waals surface area contributed by atoms with Gasteiger partial charge in [0.25, 0.3) is 0 Å². The number of esters is 1. The molecule has 1 aromatic rings. The van der Waals surface area contributed by atoms with E-state index in [0.717, 1.165) is 0 Å². The number of ether oxygens (including phenoxy) is 1. The summed E-state index contributed by atoms with van der Waals surface area (Å²) in [5, 5.41) is 11.8. The quantitative estimate of drug-likeness (QED) is 0.745. The Morgan fingerprint density at radius 3 is 2.60 bits per heavy atom. The summed E-state index contributed by atoms with van der Waals surface area (Å²) in [6.07, 6.45) is 0. The van der Waals surface area contributed by atoms with Gasteiger partial charge in [-0.2, -0.15) is 0 Å². The van der Waals surface area contributed by atoms with Crippen LogP contribution in [0.15, 0.2) is 23.1 Å². The molecule has 8 heteroatoms. The normalized spacial score (nSPS) is 12.0. The van der Waals surface area contributed by atoms with Crippen LogP contribution in [-0.4, -0.2) is 53.3 Å². The maximum atomic E-state index is 12.3. The minimum atomic E-state index is -1.68. The van der Waals surface area contributed by atoms with Crippen molar-refractivity contribution in [2.45, 2.75) is 4.90 Å². The Labute approximate surface area is 119 Å². The van der Waals surface area contributed by atoms with Gasteiger partial charge in [0.05, 0.1) is 23.3 Å². The molecule has 0 radical (unpaired) electrons. The number of likely N-dealkylation sites (N-methyl/N-ethyl adjacent to an activating group) is 1. The summed E-state index contributed by atoms with van der Waals surface area (Å²) in [7, 11) is 2.68. The van der Waals surface area contributed by atoms with Gasteiger partial charge in [0, 0.05) is 14.1 Å². The van der Waals surface area contributed by atoms with Gasteiger partial charge in [-0.15, -0.1) is 0 Å². The van der Waals surface area contributed by atoms with Gasteiger partial charge in [0.2, 0.25) is 0 Å². The summed E-state index contributed by atoms with van der Waals surface area (Å²) in [6.45, 7) is -0.163. The van der Waals surface area contributed by atoms with E-state index in [4.69, 9.17) is 5.11 Å². The van der Waals surface area contributed by atoms with Crippen LogP contribution in [0.1, 0.15) is 10.4 Å². The van der Waals surface area contributed by atoms with E-state index in [0.29, 0.717) is 10.6 Å². The van der Waals surface area contributed by atoms with Gasteiger partial charge in [0.1, 0.15) is 17.5 Å². The fourth-order valence-corrected chi connectivity index (χ4v) is 2.62. The molecule has 110 valence electrons. The second kappa shape index (κ2) is 7.01. The number of carbonyl (C=O) groups is 2. The number of anilines is 1. The average Bonchev–Trinajstić information content (AvgIpc) is 2.45. The van der Waals surface area contributed by atoms with E-state index in [-0.39, 0.29) is 12.1 Å².